The minimum absolute atomic E-state index is 0.197. The smallest absolute Gasteiger partial charge is 0.226 e. The molecule has 27 heavy (non-hydrogen) atoms. The Kier molecular flexibility index (Phi) is 5.46. The summed E-state index contributed by atoms with van der Waals surface area (Å²) in [6.07, 6.45) is 1.23. The standard InChI is InChI=1S/C19H26N6O2/c1-11(2)25-10-22-15-17(20-9-14-7-5-6-12(3)16(14)27)23-19(24-18(15)25)21-8-13(4)26/h5-7,10-11,13,26-27H,8-9H2,1-4H3,(H2,20,21,23,24)/t13-/m1/s1. The molecule has 0 saturated heterocycles. The molecule has 0 aliphatic carbocycles. The number of fused-ring (bicyclic) bond motifs is 1. The van der Waals surface area contributed by atoms with E-state index in [1.54, 1.807) is 13.3 Å². The van der Waals surface area contributed by atoms with Gasteiger partial charge in [-0.15, -0.1) is 0 Å². The summed E-state index contributed by atoms with van der Waals surface area (Å²) < 4.78 is 1.97. The molecular formula is C19H26N6O2. The molecule has 4 N–H and O–H groups in total. The maximum Gasteiger partial charge on any atom is 0.226 e. The number of phenolic OH excluding ortho intramolecular Hbond substituents is 1. The Bertz CT molecular complexity index is 935. The van der Waals surface area contributed by atoms with Crippen molar-refractivity contribution in [2.75, 3.05) is 17.2 Å². The minimum atomic E-state index is -0.514. The number of aromatic nitrogens is 4. The van der Waals surface area contributed by atoms with E-state index >= 15 is 0 Å². The Morgan fingerprint density at radius 1 is 1.15 bits per heavy atom. The van der Waals surface area contributed by atoms with Crippen molar-refractivity contribution in [1.29, 1.82) is 0 Å². The lowest BCUT2D eigenvalue weighted by Crippen LogP contribution is -2.18. The molecule has 144 valence electrons. The van der Waals surface area contributed by atoms with Gasteiger partial charge in [-0.25, -0.2) is 4.98 Å². The minimum Gasteiger partial charge on any atom is -0.507 e. The molecule has 0 amide bonds. The van der Waals surface area contributed by atoms with Gasteiger partial charge in [0.1, 0.15) is 5.75 Å². The van der Waals surface area contributed by atoms with Crippen LogP contribution in [0.2, 0.25) is 0 Å². The van der Waals surface area contributed by atoms with E-state index in [4.69, 9.17) is 0 Å². The zero-order valence-corrected chi connectivity index (χ0v) is 16.1. The van der Waals surface area contributed by atoms with E-state index in [0.717, 1.165) is 11.1 Å². The molecule has 0 unspecified atom stereocenters. The van der Waals surface area contributed by atoms with E-state index in [1.165, 1.54) is 0 Å². The van der Waals surface area contributed by atoms with Gasteiger partial charge >= 0.3 is 0 Å². The van der Waals surface area contributed by atoms with Crippen molar-refractivity contribution in [3.05, 3.63) is 35.7 Å². The van der Waals surface area contributed by atoms with Gasteiger partial charge in [-0.1, -0.05) is 18.2 Å². The zero-order chi connectivity index (χ0) is 19.6. The molecule has 0 fully saturated rings. The van der Waals surface area contributed by atoms with Gasteiger partial charge in [0.15, 0.2) is 17.0 Å². The van der Waals surface area contributed by atoms with Crippen molar-refractivity contribution in [3.63, 3.8) is 0 Å². The summed E-state index contributed by atoms with van der Waals surface area (Å²) in [4.78, 5) is 13.5. The molecule has 0 aliphatic heterocycles. The van der Waals surface area contributed by atoms with Crippen molar-refractivity contribution in [3.8, 4) is 5.75 Å². The Morgan fingerprint density at radius 2 is 1.93 bits per heavy atom. The Balaban J connectivity index is 1.95. The second-order valence-corrected chi connectivity index (χ2v) is 6.98. The molecule has 0 spiro atoms. The molecule has 2 aromatic heterocycles. The molecule has 0 saturated carbocycles. The predicted octanol–water partition coefficient (Wildman–Crippen LogP) is 2.83. The van der Waals surface area contributed by atoms with Crippen LogP contribution in [0.5, 0.6) is 5.75 Å². The topological polar surface area (TPSA) is 108 Å². The second-order valence-electron chi connectivity index (χ2n) is 6.98. The summed E-state index contributed by atoms with van der Waals surface area (Å²) in [7, 11) is 0. The number of imidazole rings is 1. The third-order valence-corrected chi connectivity index (χ3v) is 4.30. The van der Waals surface area contributed by atoms with Gasteiger partial charge < -0.3 is 25.4 Å². The van der Waals surface area contributed by atoms with Crippen molar-refractivity contribution in [2.45, 2.75) is 46.4 Å². The number of aliphatic hydroxyl groups is 1. The van der Waals surface area contributed by atoms with Crippen LogP contribution in [-0.2, 0) is 6.54 Å². The van der Waals surface area contributed by atoms with E-state index in [0.29, 0.717) is 36.0 Å². The van der Waals surface area contributed by atoms with Crippen molar-refractivity contribution in [2.24, 2.45) is 0 Å². The molecule has 1 atom stereocenters. The number of aliphatic hydroxyl groups excluding tert-OH is 1. The fourth-order valence-electron chi connectivity index (χ4n) is 2.78. The van der Waals surface area contributed by atoms with Gasteiger partial charge in [-0.3, -0.25) is 0 Å². The highest BCUT2D eigenvalue weighted by Gasteiger charge is 2.15. The molecule has 0 aliphatic rings. The number of hydrogen-bond donors (Lipinski definition) is 4. The fourth-order valence-corrected chi connectivity index (χ4v) is 2.78. The SMILES string of the molecule is Cc1cccc(CNc2nc(NC[C@@H](C)O)nc3c2ncn3C(C)C)c1O. The summed E-state index contributed by atoms with van der Waals surface area (Å²) in [5.74, 6) is 1.27. The number of hydrogen-bond acceptors (Lipinski definition) is 7. The summed E-state index contributed by atoms with van der Waals surface area (Å²) in [5.41, 5.74) is 2.98. The Labute approximate surface area is 158 Å². The first-order chi connectivity index (χ1) is 12.9. The predicted molar refractivity (Wildman–Crippen MR) is 106 cm³/mol. The number of aromatic hydroxyl groups is 1. The van der Waals surface area contributed by atoms with E-state index in [9.17, 15) is 10.2 Å². The van der Waals surface area contributed by atoms with Crippen LogP contribution in [0.1, 0.15) is 37.9 Å². The van der Waals surface area contributed by atoms with Crippen LogP contribution in [0, 0.1) is 6.92 Å². The van der Waals surface area contributed by atoms with E-state index in [1.807, 2.05) is 29.7 Å². The summed E-state index contributed by atoms with van der Waals surface area (Å²) in [6.45, 7) is 8.44. The molecule has 8 heteroatoms. The van der Waals surface area contributed by atoms with Crippen molar-refractivity contribution >= 4 is 22.9 Å². The Hall–Kier alpha value is -2.87. The van der Waals surface area contributed by atoms with Crippen LogP contribution in [0.15, 0.2) is 24.5 Å². The molecule has 0 bridgehead atoms. The third-order valence-electron chi connectivity index (χ3n) is 4.30. The maximum atomic E-state index is 10.2. The summed E-state index contributed by atoms with van der Waals surface area (Å²) in [6, 6.07) is 5.84. The van der Waals surface area contributed by atoms with E-state index < -0.39 is 6.10 Å². The largest absolute Gasteiger partial charge is 0.507 e. The normalized spacial score (nSPS) is 12.5. The number of nitrogens with one attached hydrogen (secondary N) is 2. The number of phenols is 1. The van der Waals surface area contributed by atoms with Crippen LogP contribution in [0.25, 0.3) is 11.2 Å². The van der Waals surface area contributed by atoms with Gasteiger partial charge in [0.25, 0.3) is 0 Å². The molecule has 3 rings (SSSR count). The van der Waals surface area contributed by atoms with Crippen LogP contribution in [0.4, 0.5) is 11.8 Å². The lowest BCUT2D eigenvalue weighted by Gasteiger charge is -2.13. The molecule has 1 aromatic carbocycles. The number of anilines is 2. The second kappa shape index (κ2) is 7.79. The molecule has 3 aromatic rings. The van der Waals surface area contributed by atoms with Gasteiger partial charge in [0.2, 0.25) is 5.95 Å². The highest BCUT2D eigenvalue weighted by molar-refractivity contribution is 5.84. The fraction of sp³-hybridized carbons (Fsp3) is 0.421. The first-order valence-corrected chi connectivity index (χ1v) is 9.04. The van der Waals surface area contributed by atoms with Crippen LogP contribution in [0.3, 0.4) is 0 Å². The first kappa shape index (κ1) is 18.9. The van der Waals surface area contributed by atoms with E-state index in [-0.39, 0.29) is 11.8 Å². The van der Waals surface area contributed by atoms with E-state index in [2.05, 4.69) is 39.4 Å². The number of para-hydroxylation sites is 1. The highest BCUT2D eigenvalue weighted by atomic mass is 16.3. The van der Waals surface area contributed by atoms with Crippen LogP contribution in [-0.4, -0.2) is 42.4 Å². The molecular weight excluding hydrogens is 344 g/mol. The number of aryl methyl sites for hydroxylation is 1. The lowest BCUT2D eigenvalue weighted by molar-refractivity contribution is 0.208. The third kappa shape index (κ3) is 4.11. The van der Waals surface area contributed by atoms with Gasteiger partial charge in [0.05, 0.1) is 12.4 Å². The van der Waals surface area contributed by atoms with Crippen molar-refractivity contribution < 1.29 is 10.2 Å². The number of benzene rings is 1. The Morgan fingerprint density at radius 3 is 2.63 bits per heavy atom. The average Bonchev–Trinajstić information content (AvgIpc) is 3.05. The zero-order valence-electron chi connectivity index (χ0n) is 16.1. The molecule has 2 heterocycles. The van der Waals surface area contributed by atoms with Crippen LogP contribution >= 0.6 is 0 Å². The quantitative estimate of drug-likeness (QED) is 0.506. The highest BCUT2D eigenvalue weighted by Crippen LogP contribution is 2.26. The van der Waals surface area contributed by atoms with Crippen LogP contribution < -0.4 is 10.6 Å². The molecule has 8 nitrogen and oxygen atoms in total. The summed E-state index contributed by atoms with van der Waals surface area (Å²) in [5, 5.41) is 26.1. The van der Waals surface area contributed by atoms with Crippen molar-refractivity contribution in [1.82, 2.24) is 19.5 Å². The molecule has 0 radical (unpaired) electrons. The first-order valence-electron chi connectivity index (χ1n) is 9.04. The van der Waals surface area contributed by atoms with Gasteiger partial charge in [-0.05, 0) is 33.3 Å². The van der Waals surface area contributed by atoms with Gasteiger partial charge in [-0.2, -0.15) is 9.97 Å². The average molecular weight is 370 g/mol. The lowest BCUT2D eigenvalue weighted by atomic mass is 10.1. The number of rotatable bonds is 7. The monoisotopic (exact) mass is 370 g/mol. The maximum absolute atomic E-state index is 10.2. The summed E-state index contributed by atoms with van der Waals surface area (Å²) >= 11 is 0. The van der Waals surface area contributed by atoms with Gasteiger partial charge in [0, 0.05) is 24.7 Å². The number of nitrogens with zero attached hydrogens (tertiary/aromatic N) is 4.